The highest BCUT2D eigenvalue weighted by atomic mass is 32.2. The molecule has 0 radical (unpaired) electrons. The number of sulfone groups is 1. The van der Waals surface area contributed by atoms with Gasteiger partial charge >= 0.3 is 12.5 Å². The zero-order valence-electron chi connectivity index (χ0n) is 23.7. The third kappa shape index (κ3) is 6.98. The molecule has 0 saturated carbocycles. The van der Waals surface area contributed by atoms with Gasteiger partial charge in [-0.05, 0) is 66.6 Å². The molecule has 2 aromatic heterocycles. The summed E-state index contributed by atoms with van der Waals surface area (Å²) in [5.74, 6) is -0.452. The summed E-state index contributed by atoms with van der Waals surface area (Å²) in [6.07, 6.45) is -8.64. The Morgan fingerprint density at radius 2 is 1.56 bits per heavy atom. The number of rotatable bonds is 8. The van der Waals surface area contributed by atoms with Gasteiger partial charge in [0, 0.05) is 30.4 Å². The molecule has 0 aliphatic rings. The quantitative estimate of drug-likeness (QED) is 0.158. The van der Waals surface area contributed by atoms with Crippen molar-refractivity contribution in [2.24, 2.45) is 0 Å². The van der Waals surface area contributed by atoms with Gasteiger partial charge in [-0.15, -0.1) is 13.2 Å². The van der Waals surface area contributed by atoms with Gasteiger partial charge in [0.25, 0.3) is 0 Å². The zero-order valence-corrected chi connectivity index (χ0v) is 24.5. The average Bonchev–Trinajstić information content (AvgIpc) is 3.56. The van der Waals surface area contributed by atoms with Crippen LogP contribution in [0.15, 0.2) is 82.1 Å². The lowest BCUT2D eigenvalue weighted by molar-refractivity contribution is -0.274. The van der Waals surface area contributed by atoms with E-state index in [1.54, 1.807) is 31.2 Å². The van der Waals surface area contributed by atoms with Crippen molar-refractivity contribution in [2.75, 3.05) is 12.9 Å². The molecule has 8 nitrogen and oxygen atoms in total. The second-order valence-electron chi connectivity index (χ2n) is 9.73. The van der Waals surface area contributed by atoms with Crippen LogP contribution in [0.2, 0.25) is 0 Å². The van der Waals surface area contributed by atoms with Gasteiger partial charge in [0.1, 0.15) is 11.4 Å². The number of alkyl halides is 6. The number of aromatic nitrogens is 3. The summed E-state index contributed by atoms with van der Waals surface area (Å²) in [7, 11) is -3.57. The van der Waals surface area contributed by atoms with Gasteiger partial charge in [-0.3, -0.25) is 0 Å². The molecule has 0 aliphatic heterocycles. The Morgan fingerprint density at radius 1 is 0.889 bits per heavy atom. The fraction of sp³-hybridized carbons (Fsp3) is 0.200. The summed E-state index contributed by atoms with van der Waals surface area (Å²) >= 11 is 0. The first-order chi connectivity index (χ1) is 21.0. The number of halogens is 6. The van der Waals surface area contributed by atoms with E-state index < -0.39 is 33.8 Å². The Morgan fingerprint density at radius 3 is 2.18 bits per heavy atom. The molecule has 5 rings (SSSR count). The normalized spacial score (nSPS) is 12.4. The van der Waals surface area contributed by atoms with E-state index in [1.165, 1.54) is 37.3 Å². The molecule has 0 saturated heterocycles. The van der Waals surface area contributed by atoms with Crippen LogP contribution >= 0.6 is 0 Å². The van der Waals surface area contributed by atoms with E-state index in [9.17, 15) is 34.8 Å². The van der Waals surface area contributed by atoms with Crippen LogP contribution in [0.1, 0.15) is 18.5 Å². The molecule has 0 aliphatic carbocycles. The first-order valence-corrected chi connectivity index (χ1v) is 15.0. The van der Waals surface area contributed by atoms with Crippen LogP contribution < -0.4 is 9.47 Å². The summed E-state index contributed by atoms with van der Waals surface area (Å²) in [5.41, 5.74) is 0.458. The molecule has 236 valence electrons. The Labute approximate surface area is 252 Å². The monoisotopic (exact) mass is 651 g/mol. The second-order valence-corrected chi connectivity index (χ2v) is 11.7. The summed E-state index contributed by atoms with van der Waals surface area (Å²) in [6.45, 7) is 3.14. The third-order valence-electron chi connectivity index (χ3n) is 6.42. The molecule has 15 heteroatoms. The summed E-state index contributed by atoms with van der Waals surface area (Å²) in [4.78, 5) is 4.52. The Balaban J connectivity index is 1.74. The van der Waals surface area contributed by atoms with Gasteiger partial charge in [-0.25, -0.2) is 13.4 Å². The maximum Gasteiger partial charge on any atom is 0.573 e. The summed E-state index contributed by atoms with van der Waals surface area (Å²) in [6, 6.07) is 16.2. The summed E-state index contributed by atoms with van der Waals surface area (Å²) < 4.78 is 120. The number of benzene rings is 3. The van der Waals surface area contributed by atoms with E-state index in [2.05, 4.69) is 14.8 Å². The standard InChI is InChI=1S/C30H23F6N3O5S/c1-4-42-26-16-25(29(31,32)33)38-39(26)24-13-10-20(19-6-5-7-22(14-19)45(3,40)41)15-23(24)27-28(43-17(2)37-27)18-8-11-21(12-9-18)44-30(34,35)36/h5-16H,4H2,1-3H3. The fourth-order valence-corrected chi connectivity index (χ4v) is 5.20. The lowest BCUT2D eigenvalue weighted by atomic mass is 9.98. The lowest BCUT2D eigenvalue weighted by Crippen LogP contribution is -2.16. The first kappa shape index (κ1) is 31.6. The van der Waals surface area contributed by atoms with Crippen molar-refractivity contribution >= 4 is 9.84 Å². The average molecular weight is 652 g/mol. The molecule has 0 unspecified atom stereocenters. The number of aryl methyl sites for hydroxylation is 1. The van der Waals surface area contributed by atoms with Crippen LogP contribution in [-0.4, -0.2) is 42.4 Å². The van der Waals surface area contributed by atoms with Crippen molar-refractivity contribution in [1.29, 1.82) is 0 Å². The van der Waals surface area contributed by atoms with Crippen molar-refractivity contribution in [3.63, 3.8) is 0 Å². The van der Waals surface area contributed by atoms with Crippen molar-refractivity contribution in [1.82, 2.24) is 14.8 Å². The van der Waals surface area contributed by atoms with Gasteiger partial charge in [-0.2, -0.15) is 23.0 Å². The van der Waals surface area contributed by atoms with Crippen molar-refractivity contribution in [2.45, 2.75) is 31.3 Å². The number of hydrogen-bond donors (Lipinski definition) is 0. The molecule has 2 heterocycles. The molecule has 0 bridgehead atoms. The van der Waals surface area contributed by atoms with E-state index in [-0.39, 0.29) is 51.5 Å². The van der Waals surface area contributed by atoms with Crippen LogP contribution in [0.25, 0.3) is 39.4 Å². The minimum absolute atomic E-state index is 0.0232. The van der Waals surface area contributed by atoms with Crippen LogP contribution in [0.3, 0.4) is 0 Å². The van der Waals surface area contributed by atoms with E-state index in [0.29, 0.717) is 11.1 Å². The van der Waals surface area contributed by atoms with E-state index in [4.69, 9.17) is 9.15 Å². The maximum absolute atomic E-state index is 13.7. The second kappa shape index (κ2) is 11.6. The van der Waals surface area contributed by atoms with Gasteiger partial charge in [0.2, 0.25) is 5.88 Å². The molecule has 0 atom stereocenters. The number of nitrogens with zero attached hydrogens (tertiary/aromatic N) is 3. The predicted molar refractivity (Wildman–Crippen MR) is 151 cm³/mol. The molecule has 0 N–H and O–H groups in total. The molecular weight excluding hydrogens is 628 g/mol. The topological polar surface area (TPSA) is 96.5 Å². The molecule has 3 aromatic carbocycles. The Bertz CT molecular complexity index is 1960. The Hall–Kier alpha value is -4.79. The minimum atomic E-state index is -4.91. The Kier molecular flexibility index (Phi) is 8.16. The molecular formula is C30H23F6N3O5S. The van der Waals surface area contributed by atoms with E-state index >= 15 is 0 Å². The van der Waals surface area contributed by atoms with Crippen molar-refractivity contribution in [3.8, 4) is 51.0 Å². The smallest absolute Gasteiger partial charge is 0.478 e. The van der Waals surface area contributed by atoms with Gasteiger partial charge in [0.05, 0.1) is 17.2 Å². The van der Waals surface area contributed by atoms with Gasteiger partial charge in [0.15, 0.2) is 27.2 Å². The van der Waals surface area contributed by atoms with Crippen LogP contribution in [-0.2, 0) is 16.0 Å². The van der Waals surface area contributed by atoms with Gasteiger partial charge in [-0.1, -0.05) is 18.2 Å². The van der Waals surface area contributed by atoms with Gasteiger partial charge < -0.3 is 13.9 Å². The molecule has 0 fully saturated rings. The van der Waals surface area contributed by atoms with Crippen molar-refractivity contribution < 1.29 is 48.7 Å². The molecule has 45 heavy (non-hydrogen) atoms. The maximum atomic E-state index is 13.7. The van der Waals surface area contributed by atoms with Crippen LogP contribution in [0, 0.1) is 6.92 Å². The van der Waals surface area contributed by atoms with E-state index in [0.717, 1.165) is 29.1 Å². The SMILES string of the molecule is CCOc1cc(C(F)(F)F)nn1-c1ccc(-c2cccc(S(C)(=O)=O)c2)cc1-c1nc(C)oc1-c1ccc(OC(F)(F)F)cc1. The lowest BCUT2D eigenvalue weighted by Gasteiger charge is -2.15. The largest absolute Gasteiger partial charge is 0.573 e. The number of hydrogen-bond acceptors (Lipinski definition) is 7. The number of ether oxygens (including phenoxy) is 2. The van der Waals surface area contributed by atoms with Crippen molar-refractivity contribution in [3.05, 3.63) is 84.4 Å². The highest BCUT2D eigenvalue weighted by Gasteiger charge is 2.36. The molecule has 5 aromatic rings. The highest BCUT2D eigenvalue weighted by molar-refractivity contribution is 7.90. The van der Waals surface area contributed by atoms with Crippen LogP contribution in [0.5, 0.6) is 11.6 Å². The predicted octanol–water partition coefficient (Wildman–Crippen LogP) is 7.89. The molecule has 0 amide bonds. The van der Waals surface area contributed by atoms with Crippen LogP contribution in [0.4, 0.5) is 26.3 Å². The first-order valence-electron chi connectivity index (χ1n) is 13.1. The van der Waals surface area contributed by atoms with E-state index in [1.807, 2.05) is 0 Å². The summed E-state index contributed by atoms with van der Waals surface area (Å²) in [5, 5.41) is 3.77. The minimum Gasteiger partial charge on any atom is -0.478 e. The zero-order chi connectivity index (χ0) is 32.7. The third-order valence-corrected chi connectivity index (χ3v) is 7.53. The fourth-order valence-electron chi connectivity index (χ4n) is 4.54. The molecule has 0 spiro atoms. The number of oxazole rings is 1. The highest BCUT2D eigenvalue weighted by Crippen LogP contribution is 2.41.